The molecule has 0 fully saturated rings. The molecule has 1 aromatic carbocycles. The molecule has 0 amide bonds. The summed E-state index contributed by atoms with van der Waals surface area (Å²) >= 11 is 0. The highest BCUT2D eigenvalue weighted by molar-refractivity contribution is 6.06. The number of nitriles is 2. The van der Waals surface area contributed by atoms with Crippen LogP contribution < -0.4 is 11.1 Å². The van der Waals surface area contributed by atoms with Crippen LogP contribution in [-0.2, 0) is 19.1 Å². The van der Waals surface area contributed by atoms with E-state index in [-0.39, 0.29) is 56.3 Å². The number of nitrogens with zero attached hydrogens (tertiary/aromatic N) is 4. The van der Waals surface area contributed by atoms with Crippen molar-refractivity contribution in [3.63, 3.8) is 0 Å². The lowest BCUT2D eigenvalue weighted by molar-refractivity contribution is -0.385. The van der Waals surface area contributed by atoms with E-state index < -0.39 is 28.9 Å². The Hall–Kier alpha value is -5.23. The fourth-order valence-electron chi connectivity index (χ4n) is 4.10. The fraction of sp³-hybridized carbons (Fsp3) is 0.240. The number of esters is 2. The number of carbonyl (C=O) groups is 2. The summed E-state index contributed by atoms with van der Waals surface area (Å²) in [6, 6.07) is 9.41. The first-order chi connectivity index (χ1) is 17.6. The van der Waals surface area contributed by atoms with Crippen LogP contribution in [0.1, 0.15) is 48.9 Å². The molecule has 0 bridgehead atoms. The minimum atomic E-state index is -1.36. The zero-order chi connectivity index (χ0) is 27.4. The molecule has 12 heteroatoms. The average molecular weight is 502 g/mol. The Morgan fingerprint density at radius 1 is 1.19 bits per heavy atom. The molecule has 188 valence electrons. The molecule has 0 saturated heterocycles. The van der Waals surface area contributed by atoms with Crippen molar-refractivity contribution >= 4 is 29.1 Å². The molecule has 2 heterocycles. The Bertz CT molecular complexity index is 1460. The van der Waals surface area contributed by atoms with Crippen LogP contribution in [0.25, 0.3) is 5.70 Å². The van der Waals surface area contributed by atoms with Gasteiger partial charge >= 0.3 is 11.9 Å². The van der Waals surface area contributed by atoms with Crippen molar-refractivity contribution in [2.45, 2.75) is 32.8 Å². The maximum atomic E-state index is 13.3. The quantitative estimate of drug-likeness (QED) is 0.335. The Morgan fingerprint density at radius 2 is 1.86 bits per heavy atom. The van der Waals surface area contributed by atoms with Crippen molar-refractivity contribution in [1.29, 1.82) is 10.5 Å². The minimum absolute atomic E-state index is 0.000925. The third kappa shape index (κ3) is 4.81. The number of aromatic nitrogens is 1. The summed E-state index contributed by atoms with van der Waals surface area (Å²) in [6.07, 6.45) is 0.595. The predicted molar refractivity (Wildman–Crippen MR) is 130 cm³/mol. The monoisotopic (exact) mass is 502 g/mol. The number of nitrogens with two attached hydrogens (primary N) is 1. The van der Waals surface area contributed by atoms with Crippen LogP contribution in [-0.4, -0.2) is 35.1 Å². The number of para-hydroxylation sites is 1. The van der Waals surface area contributed by atoms with Gasteiger partial charge in [-0.1, -0.05) is 18.2 Å². The number of hydrogen-bond acceptors (Lipinski definition) is 11. The number of nitro benzene ring substituents is 1. The Kier molecular flexibility index (Phi) is 7.54. The number of carbonyl (C=O) groups excluding carboxylic acids is 2. The normalized spacial score (nSPS) is 14.9. The summed E-state index contributed by atoms with van der Waals surface area (Å²) in [4.78, 5) is 41.8. The molecular formula is C25H22N6O6. The first-order valence-electron chi connectivity index (χ1n) is 10.9. The number of dihydropyridines is 1. The number of nitrogens with one attached hydrogen (secondary N) is 1. The van der Waals surface area contributed by atoms with E-state index in [2.05, 4.69) is 10.3 Å². The standard InChI is InChI=1S/C25H22N6O6/c1-12(2)37-25(33)18-13(3)30-22(19-14(9-26)11-29-23(28)16(19)10-27)21(24(32)36-4)20(18)15-7-5-6-8-17(15)31(34)35/h5-8,11-12,20,30H,1-4H3,(H2,28,29). The number of benzene rings is 1. The topological polar surface area (TPSA) is 194 Å². The molecular weight excluding hydrogens is 480 g/mol. The Labute approximate surface area is 211 Å². The summed E-state index contributed by atoms with van der Waals surface area (Å²) < 4.78 is 10.4. The van der Waals surface area contributed by atoms with E-state index in [9.17, 15) is 30.2 Å². The van der Waals surface area contributed by atoms with Crippen LogP contribution in [0.2, 0.25) is 0 Å². The molecule has 37 heavy (non-hydrogen) atoms. The second kappa shape index (κ2) is 10.6. The van der Waals surface area contributed by atoms with Crippen molar-refractivity contribution in [2.24, 2.45) is 0 Å². The number of ether oxygens (including phenoxy) is 2. The Balaban J connectivity index is 2.53. The van der Waals surface area contributed by atoms with Gasteiger partial charge in [0, 0.05) is 29.1 Å². The largest absolute Gasteiger partial charge is 0.466 e. The van der Waals surface area contributed by atoms with Crippen LogP contribution in [0.3, 0.4) is 0 Å². The number of nitrogen functional groups attached to an aromatic ring is 1. The summed E-state index contributed by atoms with van der Waals surface area (Å²) in [6.45, 7) is 4.77. The van der Waals surface area contributed by atoms with Crippen molar-refractivity contribution in [3.8, 4) is 12.1 Å². The molecule has 2 aromatic rings. The van der Waals surface area contributed by atoms with Gasteiger partial charge in [-0.25, -0.2) is 14.6 Å². The number of methoxy groups -OCH3 is 1. The highest BCUT2D eigenvalue weighted by atomic mass is 16.6. The van der Waals surface area contributed by atoms with Crippen molar-refractivity contribution in [1.82, 2.24) is 10.3 Å². The van der Waals surface area contributed by atoms with Crippen LogP contribution >= 0.6 is 0 Å². The van der Waals surface area contributed by atoms with Gasteiger partial charge in [0.15, 0.2) is 0 Å². The van der Waals surface area contributed by atoms with E-state index in [4.69, 9.17) is 15.2 Å². The molecule has 0 radical (unpaired) electrons. The lowest BCUT2D eigenvalue weighted by Gasteiger charge is -2.32. The molecule has 0 aliphatic carbocycles. The van der Waals surface area contributed by atoms with E-state index in [1.165, 1.54) is 31.2 Å². The molecule has 1 aliphatic heterocycles. The van der Waals surface area contributed by atoms with Gasteiger partial charge in [-0.2, -0.15) is 10.5 Å². The van der Waals surface area contributed by atoms with E-state index >= 15 is 0 Å². The van der Waals surface area contributed by atoms with Crippen LogP contribution in [0.5, 0.6) is 0 Å². The summed E-state index contributed by atoms with van der Waals surface area (Å²) in [5.74, 6) is -3.34. The maximum absolute atomic E-state index is 13.3. The lowest BCUT2D eigenvalue weighted by atomic mass is 9.77. The van der Waals surface area contributed by atoms with E-state index in [0.29, 0.717) is 0 Å². The minimum Gasteiger partial charge on any atom is -0.466 e. The van der Waals surface area contributed by atoms with E-state index in [0.717, 1.165) is 13.3 Å². The molecule has 0 saturated carbocycles. The molecule has 1 aromatic heterocycles. The third-order valence-corrected chi connectivity index (χ3v) is 5.57. The number of rotatable bonds is 6. The lowest BCUT2D eigenvalue weighted by Crippen LogP contribution is -2.34. The highest BCUT2D eigenvalue weighted by Gasteiger charge is 2.43. The van der Waals surface area contributed by atoms with E-state index in [1.807, 2.05) is 12.1 Å². The van der Waals surface area contributed by atoms with Gasteiger partial charge < -0.3 is 20.5 Å². The van der Waals surface area contributed by atoms with Crippen LogP contribution in [0.4, 0.5) is 11.5 Å². The van der Waals surface area contributed by atoms with E-state index in [1.54, 1.807) is 13.8 Å². The van der Waals surface area contributed by atoms with Crippen molar-refractivity contribution in [2.75, 3.05) is 12.8 Å². The zero-order valence-electron chi connectivity index (χ0n) is 20.4. The number of pyridine rings is 1. The first-order valence-corrected chi connectivity index (χ1v) is 10.9. The van der Waals surface area contributed by atoms with Crippen molar-refractivity contribution in [3.05, 3.63) is 79.7 Å². The molecule has 3 N–H and O–H groups in total. The van der Waals surface area contributed by atoms with Gasteiger partial charge in [-0.05, 0) is 20.8 Å². The molecule has 3 rings (SSSR count). The number of nitro groups is 1. The van der Waals surface area contributed by atoms with Crippen LogP contribution in [0.15, 0.2) is 47.3 Å². The second-order valence-electron chi connectivity index (χ2n) is 8.18. The van der Waals surface area contributed by atoms with Gasteiger partial charge in [-0.3, -0.25) is 10.1 Å². The van der Waals surface area contributed by atoms with Crippen LogP contribution in [0, 0.1) is 32.8 Å². The van der Waals surface area contributed by atoms with Gasteiger partial charge in [0.25, 0.3) is 5.69 Å². The number of allylic oxidation sites excluding steroid dienone is 1. The Morgan fingerprint density at radius 3 is 2.43 bits per heavy atom. The molecule has 1 atom stereocenters. The predicted octanol–water partition coefficient (Wildman–Crippen LogP) is 2.81. The highest BCUT2D eigenvalue weighted by Crippen LogP contribution is 2.45. The average Bonchev–Trinajstić information content (AvgIpc) is 2.86. The van der Waals surface area contributed by atoms with Gasteiger partial charge in [0.2, 0.25) is 0 Å². The fourth-order valence-corrected chi connectivity index (χ4v) is 4.10. The number of hydrogen-bond donors (Lipinski definition) is 2. The zero-order valence-corrected chi connectivity index (χ0v) is 20.4. The number of anilines is 1. The summed E-state index contributed by atoms with van der Waals surface area (Å²) in [7, 11) is 1.10. The van der Waals surface area contributed by atoms with Gasteiger partial charge in [-0.15, -0.1) is 0 Å². The summed E-state index contributed by atoms with van der Waals surface area (Å²) in [5, 5.41) is 34.5. The molecule has 12 nitrogen and oxygen atoms in total. The maximum Gasteiger partial charge on any atom is 0.337 e. The molecule has 1 unspecified atom stereocenters. The first kappa shape index (κ1) is 26.4. The van der Waals surface area contributed by atoms with Crippen molar-refractivity contribution < 1.29 is 24.0 Å². The van der Waals surface area contributed by atoms with Gasteiger partial charge in [0.05, 0.1) is 46.5 Å². The summed E-state index contributed by atoms with van der Waals surface area (Å²) in [5.41, 5.74) is 4.95. The third-order valence-electron chi connectivity index (χ3n) is 5.57. The smallest absolute Gasteiger partial charge is 0.337 e. The molecule has 1 aliphatic rings. The molecule has 0 spiro atoms. The van der Waals surface area contributed by atoms with Gasteiger partial charge in [0.1, 0.15) is 23.5 Å². The SMILES string of the molecule is COC(=O)C1=C(c2c(C#N)cnc(N)c2C#N)NC(C)=C(C(=O)OC(C)C)C1c1ccccc1[N+](=O)[O-]. The second-order valence-corrected chi connectivity index (χ2v) is 8.18.